The van der Waals surface area contributed by atoms with E-state index in [9.17, 15) is 19.7 Å². The van der Waals surface area contributed by atoms with E-state index < -0.39 is 28.7 Å². The number of hydrogen-bond acceptors (Lipinski definition) is 8. The van der Waals surface area contributed by atoms with Crippen molar-refractivity contribution in [3.05, 3.63) is 75.8 Å². The molecule has 1 saturated heterocycles. The van der Waals surface area contributed by atoms with Gasteiger partial charge in [0.05, 0.1) is 49.5 Å². The van der Waals surface area contributed by atoms with Crippen molar-refractivity contribution in [2.24, 2.45) is 0 Å². The molecule has 2 unspecified atom stereocenters. The quantitative estimate of drug-likeness (QED) is 0.313. The summed E-state index contributed by atoms with van der Waals surface area (Å²) in [5.41, 5.74) is 0.387. The second-order valence-electron chi connectivity index (χ2n) is 9.50. The molecule has 1 fully saturated rings. The van der Waals surface area contributed by atoms with E-state index in [-0.39, 0.29) is 37.1 Å². The van der Waals surface area contributed by atoms with Gasteiger partial charge in [-0.25, -0.2) is 9.59 Å². The van der Waals surface area contributed by atoms with Gasteiger partial charge in [-0.3, -0.25) is 10.1 Å². The van der Waals surface area contributed by atoms with Gasteiger partial charge < -0.3 is 23.8 Å². The first kappa shape index (κ1) is 27.1. The summed E-state index contributed by atoms with van der Waals surface area (Å²) in [6, 6.07) is 14.9. The molecule has 0 saturated carbocycles. The lowest BCUT2D eigenvalue weighted by atomic mass is 10.1. The molecular weight excluding hydrogens is 468 g/mol. The Labute approximate surface area is 210 Å². The van der Waals surface area contributed by atoms with Crippen LogP contribution in [0.4, 0.5) is 10.5 Å². The van der Waals surface area contributed by atoms with Crippen molar-refractivity contribution in [3.8, 4) is 0 Å². The lowest BCUT2D eigenvalue weighted by molar-refractivity contribution is -0.384. The minimum Gasteiger partial charge on any atom is -0.457 e. The zero-order valence-electron chi connectivity index (χ0n) is 20.8. The van der Waals surface area contributed by atoms with Crippen LogP contribution in [0.2, 0.25) is 0 Å². The van der Waals surface area contributed by atoms with Crippen LogP contribution in [-0.4, -0.2) is 66.0 Å². The van der Waals surface area contributed by atoms with E-state index in [0.29, 0.717) is 19.6 Å². The lowest BCUT2D eigenvalue weighted by Gasteiger charge is -2.34. The van der Waals surface area contributed by atoms with Crippen LogP contribution in [0.15, 0.2) is 54.6 Å². The van der Waals surface area contributed by atoms with E-state index in [1.807, 2.05) is 30.3 Å². The number of carbonyl (C=O) groups is 2. The van der Waals surface area contributed by atoms with Crippen molar-refractivity contribution in [2.75, 3.05) is 26.3 Å². The predicted octanol–water partition coefficient (Wildman–Crippen LogP) is 4.36. The number of carbonyl (C=O) groups excluding carboxylic acids is 2. The molecule has 2 aromatic rings. The normalized spacial score (nSPS) is 18.6. The number of hydrogen-bond donors (Lipinski definition) is 0. The van der Waals surface area contributed by atoms with Gasteiger partial charge >= 0.3 is 12.1 Å². The molecule has 0 radical (unpaired) electrons. The van der Waals surface area contributed by atoms with Crippen LogP contribution in [0.5, 0.6) is 0 Å². The van der Waals surface area contributed by atoms with Crippen LogP contribution >= 0.6 is 0 Å². The predicted molar refractivity (Wildman–Crippen MR) is 131 cm³/mol. The van der Waals surface area contributed by atoms with E-state index in [0.717, 1.165) is 5.56 Å². The molecule has 1 aliphatic heterocycles. The molecule has 0 spiro atoms. The van der Waals surface area contributed by atoms with Crippen LogP contribution in [0.25, 0.3) is 0 Å². The summed E-state index contributed by atoms with van der Waals surface area (Å²) in [7, 11) is 0. The summed E-state index contributed by atoms with van der Waals surface area (Å²) >= 11 is 0. The Bertz CT molecular complexity index is 1020. The van der Waals surface area contributed by atoms with Gasteiger partial charge in [0.1, 0.15) is 11.7 Å². The SMILES string of the molecule is CC(C)(C)OC(=O)N1CC(COCc2ccccc2)OCCC(OC(=O)c2ccc([N+](=O)[O-])cc2)C1. The molecule has 0 bridgehead atoms. The van der Waals surface area contributed by atoms with Gasteiger partial charge in [0.15, 0.2) is 0 Å². The van der Waals surface area contributed by atoms with E-state index in [1.54, 1.807) is 20.8 Å². The third-order valence-electron chi connectivity index (χ3n) is 5.30. The maximum atomic E-state index is 12.9. The minimum absolute atomic E-state index is 0.117. The molecule has 36 heavy (non-hydrogen) atoms. The summed E-state index contributed by atoms with van der Waals surface area (Å²) in [5, 5.41) is 10.9. The minimum atomic E-state index is -0.704. The lowest BCUT2D eigenvalue weighted by Crippen LogP contribution is -2.49. The number of ether oxygens (including phenoxy) is 4. The van der Waals surface area contributed by atoms with E-state index >= 15 is 0 Å². The van der Waals surface area contributed by atoms with Crippen molar-refractivity contribution in [1.29, 1.82) is 0 Å². The summed E-state index contributed by atoms with van der Waals surface area (Å²) in [5.74, 6) is -0.637. The molecule has 10 heteroatoms. The topological polar surface area (TPSA) is 117 Å². The first-order valence-electron chi connectivity index (χ1n) is 11.8. The standard InChI is InChI=1S/C26H32N2O8/c1-26(2,3)36-25(30)27-15-22(35-24(29)20-9-11-21(12-10-20)28(31)32)13-14-34-23(16-27)18-33-17-19-7-5-4-6-8-19/h4-12,22-23H,13-18H2,1-3H3. The smallest absolute Gasteiger partial charge is 0.410 e. The highest BCUT2D eigenvalue weighted by Crippen LogP contribution is 2.18. The number of rotatable bonds is 7. The van der Waals surface area contributed by atoms with E-state index in [4.69, 9.17) is 18.9 Å². The molecule has 10 nitrogen and oxygen atoms in total. The Kier molecular flexibility index (Phi) is 9.38. The molecule has 194 valence electrons. The monoisotopic (exact) mass is 500 g/mol. The van der Waals surface area contributed by atoms with Crippen LogP contribution < -0.4 is 0 Å². The number of esters is 1. The van der Waals surface area contributed by atoms with Crippen molar-refractivity contribution < 1.29 is 33.5 Å². The Morgan fingerprint density at radius 2 is 1.78 bits per heavy atom. The number of nitrogens with zero attached hydrogens (tertiary/aromatic N) is 2. The first-order chi connectivity index (χ1) is 17.1. The average Bonchev–Trinajstić information content (AvgIpc) is 2.81. The van der Waals surface area contributed by atoms with Gasteiger partial charge in [0.2, 0.25) is 0 Å². The summed E-state index contributed by atoms with van der Waals surface area (Å²) in [6.45, 7) is 6.65. The maximum absolute atomic E-state index is 12.9. The van der Waals surface area contributed by atoms with Gasteiger partial charge in [0, 0.05) is 18.6 Å². The largest absolute Gasteiger partial charge is 0.457 e. The highest BCUT2D eigenvalue weighted by Gasteiger charge is 2.31. The van der Waals surface area contributed by atoms with Crippen LogP contribution in [-0.2, 0) is 25.6 Å². The first-order valence-corrected chi connectivity index (χ1v) is 11.8. The zero-order chi connectivity index (χ0) is 26.1. The number of non-ortho nitro benzene ring substituents is 1. The molecular formula is C26H32N2O8. The van der Waals surface area contributed by atoms with Crippen molar-refractivity contribution in [1.82, 2.24) is 4.90 Å². The Morgan fingerprint density at radius 1 is 1.08 bits per heavy atom. The second-order valence-corrected chi connectivity index (χ2v) is 9.50. The van der Waals surface area contributed by atoms with Gasteiger partial charge in [0.25, 0.3) is 5.69 Å². The van der Waals surface area contributed by atoms with Gasteiger partial charge in [-0.1, -0.05) is 30.3 Å². The molecule has 1 amide bonds. The number of nitro groups is 1. The molecule has 0 N–H and O–H groups in total. The van der Waals surface area contributed by atoms with Crippen LogP contribution in [0, 0.1) is 10.1 Å². The zero-order valence-corrected chi connectivity index (χ0v) is 20.8. The molecule has 2 atom stereocenters. The third kappa shape index (κ3) is 8.62. The molecule has 1 heterocycles. The fourth-order valence-electron chi connectivity index (χ4n) is 3.57. The third-order valence-corrected chi connectivity index (χ3v) is 5.30. The van der Waals surface area contributed by atoms with Gasteiger partial charge in [-0.05, 0) is 38.5 Å². The van der Waals surface area contributed by atoms with E-state index in [2.05, 4.69) is 0 Å². The van der Waals surface area contributed by atoms with Gasteiger partial charge in [-0.15, -0.1) is 0 Å². The summed E-state index contributed by atoms with van der Waals surface area (Å²) < 4.78 is 23.0. The molecule has 0 aliphatic carbocycles. The van der Waals surface area contributed by atoms with Crippen molar-refractivity contribution >= 4 is 17.7 Å². The van der Waals surface area contributed by atoms with E-state index in [1.165, 1.54) is 29.2 Å². The fraction of sp³-hybridized carbons (Fsp3) is 0.462. The van der Waals surface area contributed by atoms with Gasteiger partial charge in [-0.2, -0.15) is 0 Å². The number of amides is 1. The molecule has 0 aromatic heterocycles. The fourth-order valence-corrected chi connectivity index (χ4v) is 3.57. The Morgan fingerprint density at radius 3 is 2.42 bits per heavy atom. The average molecular weight is 501 g/mol. The van der Waals surface area contributed by atoms with Crippen LogP contribution in [0.1, 0.15) is 43.1 Å². The number of nitro benzene ring substituents is 1. The van der Waals surface area contributed by atoms with Crippen molar-refractivity contribution in [2.45, 2.75) is 51.6 Å². The molecule has 3 rings (SSSR count). The van der Waals surface area contributed by atoms with Crippen molar-refractivity contribution in [3.63, 3.8) is 0 Å². The summed E-state index contributed by atoms with van der Waals surface area (Å²) in [6.07, 6.45) is -1.22. The Hall–Kier alpha value is -3.50. The highest BCUT2D eigenvalue weighted by molar-refractivity contribution is 5.89. The molecule has 1 aliphatic rings. The maximum Gasteiger partial charge on any atom is 0.410 e. The Balaban J connectivity index is 1.64. The molecule has 2 aromatic carbocycles. The second kappa shape index (κ2) is 12.5. The summed E-state index contributed by atoms with van der Waals surface area (Å²) in [4.78, 5) is 37.4. The highest BCUT2D eigenvalue weighted by atomic mass is 16.6. The van der Waals surface area contributed by atoms with Crippen LogP contribution in [0.3, 0.4) is 0 Å². The number of benzene rings is 2.